The van der Waals surface area contributed by atoms with Gasteiger partial charge in [0.2, 0.25) is 0 Å². The van der Waals surface area contributed by atoms with Crippen LogP contribution in [0.25, 0.3) is 0 Å². The minimum Gasteiger partial charge on any atom is -0.468 e. The normalized spacial score (nSPS) is 21.3. The highest BCUT2D eigenvalue weighted by Crippen LogP contribution is 2.23. The highest BCUT2D eigenvalue weighted by Gasteiger charge is 2.32. The van der Waals surface area contributed by atoms with E-state index in [0.717, 1.165) is 29.4 Å². The van der Waals surface area contributed by atoms with Crippen LogP contribution < -0.4 is 0 Å². The largest absolute Gasteiger partial charge is 0.468 e. The lowest BCUT2D eigenvalue weighted by Crippen LogP contribution is -2.39. The van der Waals surface area contributed by atoms with Crippen molar-refractivity contribution < 1.29 is 14.6 Å². The quantitative estimate of drug-likeness (QED) is 0.860. The van der Waals surface area contributed by atoms with Gasteiger partial charge in [-0.05, 0) is 37.1 Å². The lowest BCUT2D eigenvalue weighted by atomic mass is 10.1. The fourth-order valence-electron chi connectivity index (χ4n) is 2.46. The van der Waals surface area contributed by atoms with E-state index >= 15 is 0 Å². The van der Waals surface area contributed by atoms with Crippen molar-refractivity contribution in [2.24, 2.45) is 0 Å². The summed E-state index contributed by atoms with van der Waals surface area (Å²) >= 11 is 3.37. The summed E-state index contributed by atoms with van der Waals surface area (Å²) in [6.07, 6.45) is 1.19. The van der Waals surface area contributed by atoms with Crippen LogP contribution in [0.2, 0.25) is 0 Å². The van der Waals surface area contributed by atoms with Crippen LogP contribution in [0.3, 0.4) is 0 Å². The Hall–Kier alpha value is -0.910. The molecule has 19 heavy (non-hydrogen) atoms. The molecule has 0 saturated carbocycles. The van der Waals surface area contributed by atoms with Crippen molar-refractivity contribution >= 4 is 21.9 Å². The molecule has 1 saturated heterocycles. The minimum atomic E-state index is -0.585. The molecule has 1 aliphatic heterocycles. The number of rotatable bonds is 4. The van der Waals surface area contributed by atoms with Crippen molar-refractivity contribution in [3.63, 3.8) is 0 Å². The standard InChI is InChI=1S/C14H18BrNO3/c1-19-14(18)12-3-2-8-16(12)9-13(17)10-4-6-11(15)7-5-10/h4-7,12-13,17H,2-3,8-9H2,1H3. The van der Waals surface area contributed by atoms with E-state index in [2.05, 4.69) is 15.9 Å². The summed E-state index contributed by atoms with van der Waals surface area (Å²) < 4.78 is 5.78. The van der Waals surface area contributed by atoms with E-state index in [4.69, 9.17) is 4.74 Å². The highest BCUT2D eigenvalue weighted by atomic mass is 79.9. The Morgan fingerprint density at radius 2 is 2.21 bits per heavy atom. The number of β-amino-alcohol motifs (C(OH)–C–C–N with tert-alkyl or cyclic N) is 1. The number of nitrogens with zero attached hydrogens (tertiary/aromatic N) is 1. The Balaban J connectivity index is 2.00. The highest BCUT2D eigenvalue weighted by molar-refractivity contribution is 9.10. The maximum atomic E-state index is 11.6. The molecule has 0 bridgehead atoms. The van der Waals surface area contributed by atoms with Gasteiger partial charge in [-0.15, -0.1) is 0 Å². The molecule has 104 valence electrons. The molecule has 1 fully saturated rings. The first-order valence-corrected chi connectivity index (χ1v) is 7.16. The predicted octanol–water partition coefficient (Wildman–Crippen LogP) is 2.12. The molecule has 0 spiro atoms. The average molecular weight is 328 g/mol. The van der Waals surface area contributed by atoms with Crippen molar-refractivity contribution in [1.29, 1.82) is 0 Å². The number of carbonyl (C=O) groups excluding carboxylic acids is 1. The molecule has 0 aliphatic carbocycles. The van der Waals surface area contributed by atoms with Gasteiger partial charge < -0.3 is 9.84 Å². The van der Waals surface area contributed by atoms with Gasteiger partial charge in [0.1, 0.15) is 6.04 Å². The summed E-state index contributed by atoms with van der Waals surface area (Å²) in [5, 5.41) is 10.2. The number of hydrogen-bond acceptors (Lipinski definition) is 4. The molecule has 2 rings (SSSR count). The van der Waals surface area contributed by atoms with Gasteiger partial charge in [-0.2, -0.15) is 0 Å². The average Bonchev–Trinajstić information content (AvgIpc) is 2.86. The molecule has 1 aromatic carbocycles. The molecular weight excluding hydrogens is 310 g/mol. The maximum Gasteiger partial charge on any atom is 0.323 e. The molecule has 1 N–H and O–H groups in total. The van der Waals surface area contributed by atoms with Crippen LogP contribution >= 0.6 is 15.9 Å². The summed E-state index contributed by atoms with van der Waals surface area (Å²) in [7, 11) is 1.41. The first kappa shape index (κ1) is 14.5. The number of hydrogen-bond donors (Lipinski definition) is 1. The second-order valence-electron chi connectivity index (χ2n) is 4.74. The third-order valence-electron chi connectivity index (χ3n) is 3.50. The van der Waals surface area contributed by atoms with Gasteiger partial charge >= 0.3 is 5.97 Å². The Labute approximate surface area is 121 Å². The number of ether oxygens (including phenoxy) is 1. The number of carbonyl (C=O) groups is 1. The van der Waals surface area contributed by atoms with Gasteiger partial charge in [0.25, 0.3) is 0 Å². The van der Waals surface area contributed by atoms with E-state index in [1.807, 2.05) is 29.2 Å². The summed E-state index contributed by atoms with van der Waals surface area (Å²) in [6.45, 7) is 1.29. The fourth-order valence-corrected chi connectivity index (χ4v) is 2.72. The van der Waals surface area contributed by atoms with E-state index in [1.54, 1.807) is 0 Å². The number of esters is 1. The number of halogens is 1. The Morgan fingerprint density at radius 3 is 2.84 bits per heavy atom. The molecule has 4 nitrogen and oxygen atoms in total. The van der Waals surface area contributed by atoms with E-state index in [9.17, 15) is 9.90 Å². The smallest absolute Gasteiger partial charge is 0.323 e. The van der Waals surface area contributed by atoms with E-state index < -0.39 is 6.10 Å². The lowest BCUT2D eigenvalue weighted by Gasteiger charge is -2.25. The van der Waals surface area contributed by atoms with Crippen molar-refractivity contribution in [3.05, 3.63) is 34.3 Å². The van der Waals surface area contributed by atoms with Gasteiger partial charge in [-0.1, -0.05) is 28.1 Å². The predicted molar refractivity (Wildman–Crippen MR) is 75.7 cm³/mol. The molecule has 1 aliphatic rings. The molecule has 2 unspecified atom stereocenters. The molecule has 0 aromatic heterocycles. The molecule has 0 radical (unpaired) electrons. The molecule has 1 heterocycles. The first-order valence-electron chi connectivity index (χ1n) is 6.37. The van der Waals surface area contributed by atoms with E-state index in [0.29, 0.717) is 6.54 Å². The van der Waals surface area contributed by atoms with Crippen LogP contribution in [0.5, 0.6) is 0 Å². The Kier molecular flexibility index (Phi) is 4.96. The van der Waals surface area contributed by atoms with E-state index in [1.165, 1.54) is 7.11 Å². The van der Waals surface area contributed by atoms with Crippen molar-refractivity contribution in [3.8, 4) is 0 Å². The minimum absolute atomic E-state index is 0.208. The number of benzene rings is 1. The summed E-state index contributed by atoms with van der Waals surface area (Å²) in [4.78, 5) is 13.6. The zero-order chi connectivity index (χ0) is 13.8. The summed E-state index contributed by atoms with van der Waals surface area (Å²) in [5.74, 6) is -0.208. The van der Waals surface area contributed by atoms with Gasteiger partial charge in [0, 0.05) is 11.0 Å². The van der Waals surface area contributed by atoms with Gasteiger partial charge in [-0.25, -0.2) is 0 Å². The maximum absolute atomic E-state index is 11.6. The fraction of sp³-hybridized carbons (Fsp3) is 0.500. The van der Waals surface area contributed by atoms with Crippen molar-refractivity contribution in [2.75, 3.05) is 20.2 Å². The van der Waals surface area contributed by atoms with Gasteiger partial charge in [-0.3, -0.25) is 9.69 Å². The Morgan fingerprint density at radius 1 is 1.53 bits per heavy atom. The molecule has 5 heteroatoms. The van der Waals surface area contributed by atoms with Crippen LogP contribution in [-0.2, 0) is 9.53 Å². The zero-order valence-corrected chi connectivity index (χ0v) is 12.5. The topological polar surface area (TPSA) is 49.8 Å². The molecular formula is C14H18BrNO3. The third kappa shape index (κ3) is 3.55. The van der Waals surface area contributed by atoms with Crippen molar-refractivity contribution in [1.82, 2.24) is 4.90 Å². The second-order valence-corrected chi connectivity index (χ2v) is 5.66. The molecule has 1 aromatic rings. The lowest BCUT2D eigenvalue weighted by molar-refractivity contribution is -0.146. The first-order chi connectivity index (χ1) is 9.11. The third-order valence-corrected chi connectivity index (χ3v) is 4.03. The number of aliphatic hydroxyl groups is 1. The Bertz CT molecular complexity index is 435. The second kappa shape index (κ2) is 6.50. The summed E-state index contributed by atoms with van der Waals surface area (Å²) in [5.41, 5.74) is 0.860. The van der Waals surface area contributed by atoms with Crippen molar-refractivity contribution in [2.45, 2.75) is 25.0 Å². The number of aliphatic hydroxyl groups excluding tert-OH is 1. The number of methoxy groups -OCH3 is 1. The van der Waals surface area contributed by atoms with E-state index in [-0.39, 0.29) is 12.0 Å². The molecule has 0 amide bonds. The van der Waals surface area contributed by atoms with Crippen LogP contribution in [-0.4, -0.2) is 42.2 Å². The van der Waals surface area contributed by atoms with Gasteiger partial charge in [0.05, 0.1) is 13.2 Å². The number of likely N-dealkylation sites (tertiary alicyclic amines) is 1. The SMILES string of the molecule is COC(=O)C1CCCN1CC(O)c1ccc(Br)cc1. The zero-order valence-electron chi connectivity index (χ0n) is 10.9. The van der Waals surface area contributed by atoms with Crippen LogP contribution in [0, 0.1) is 0 Å². The van der Waals surface area contributed by atoms with Crippen LogP contribution in [0.1, 0.15) is 24.5 Å². The van der Waals surface area contributed by atoms with Crippen LogP contribution in [0.4, 0.5) is 0 Å². The van der Waals surface area contributed by atoms with Crippen LogP contribution in [0.15, 0.2) is 28.7 Å². The monoisotopic (exact) mass is 327 g/mol. The molecule has 2 atom stereocenters. The summed E-state index contributed by atoms with van der Waals surface area (Å²) in [6, 6.07) is 7.37. The van der Waals surface area contributed by atoms with Gasteiger partial charge in [0.15, 0.2) is 0 Å².